The van der Waals surface area contributed by atoms with Gasteiger partial charge in [0.25, 0.3) is 10.0 Å². The molecule has 4 rings (SSSR count). The van der Waals surface area contributed by atoms with Gasteiger partial charge in [0.15, 0.2) is 0 Å². The van der Waals surface area contributed by atoms with E-state index in [9.17, 15) is 18.0 Å². The number of nitrogens with one attached hydrogen (secondary N) is 1. The Balaban J connectivity index is 1.83. The van der Waals surface area contributed by atoms with Crippen molar-refractivity contribution in [1.29, 1.82) is 0 Å². The molecule has 48 heavy (non-hydrogen) atoms. The van der Waals surface area contributed by atoms with Gasteiger partial charge in [-0.3, -0.25) is 13.9 Å². The molecule has 0 bridgehead atoms. The van der Waals surface area contributed by atoms with Gasteiger partial charge in [0.2, 0.25) is 11.8 Å². The number of anilines is 1. The van der Waals surface area contributed by atoms with Crippen LogP contribution in [-0.4, -0.2) is 50.4 Å². The summed E-state index contributed by atoms with van der Waals surface area (Å²) in [6.07, 6.45) is 0.850. The number of carbonyl (C=O) groups excluding carboxylic acids is 2. The average molecular weight is 711 g/mol. The molecule has 0 unspecified atom stereocenters. The molecule has 1 N–H and O–H groups in total. The summed E-state index contributed by atoms with van der Waals surface area (Å²) >= 11 is 13.2. The van der Waals surface area contributed by atoms with Crippen LogP contribution in [0.5, 0.6) is 5.75 Å². The molecular weight excluding hydrogens is 669 g/mol. The van der Waals surface area contributed by atoms with E-state index in [1.54, 1.807) is 54.6 Å². The third kappa shape index (κ3) is 9.30. The maximum atomic E-state index is 14.7. The maximum absolute atomic E-state index is 14.7. The Bertz CT molecular complexity index is 1770. The van der Waals surface area contributed by atoms with Crippen molar-refractivity contribution in [3.63, 3.8) is 0 Å². The Labute approximate surface area is 293 Å². The van der Waals surface area contributed by atoms with Crippen LogP contribution in [-0.2, 0) is 32.6 Å². The maximum Gasteiger partial charge on any atom is 0.264 e. The van der Waals surface area contributed by atoms with E-state index in [2.05, 4.69) is 5.32 Å². The van der Waals surface area contributed by atoms with Gasteiger partial charge in [-0.05, 0) is 81.3 Å². The van der Waals surface area contributed by atoms with Crippen molar-refractivity contribution in [2.75, 3.05) is 17.5 Å². The quantitative estimate of drug-likeness (QED) is 0.138. The third-order valence-electron chi connectivity index (χ3n) is 7.99. The first-order chi connectivity index (χ1) is 22.9. The fourth-order valence-corrected chi connectivity index (χ4v) is 7.02. The van der Waals surface area contributed by atoms with Crippen LogP contribution in [0.15, 0.2) is 102 Å². The SMILES string of the molecule is CCOc1ccc(S(=O)(=O)N(CC(=O)N(Cc2c(Cl)cccc2Cl)[C@@H](Cc2ccccc2)C(=O)N[C@@H](C)CC)c2ccc(C)cc2)cc1. The molecule has 4 aromatic carbocycles. The number of rotatable bonds is 15. The number of hydrogen-bond donors (Lipinski definition) is 1. The minimum Gasteiger partial charge on any atom is -0.494 e. The van der Waals surface area contributed by atoms with Crippen LogP contribution in [0.25, 0.3) is 0 Å². The van der Waals surface area contributed by atoms with E-state index in [1.807, 2.05) is 58.0 Å². The van der Waals surface area contributed by atoms with Crippen molar-refractivity contribution >= 4 is 50.7 Å². The van der Waals surface area contributed by atoms with Gasteiger partial charge >= 0.3 is 0 Å². The Morgan fingerprint density at radius 1 is 0.854 bits per heavy atom. The number of benzene rings is 4. The van der Waals surface area contributed by atoms with Crippen molar-refractivity contribution < 1.29 is 22.7 Å². The van der Waals surface area contributed by atoms with Crippen molar-refractivity contribution in [2.45, 2.75) is 64.1 Å². The summed E-state index contributed by atoms with van der Waals surface area (Å²) in [6.45, 7) is 7.27. The second-order valence-corrected chi connectivity index (χ2v) is 14.2. The third-order valence-corrected chi connectivity index (χ3v) is 10.5. The van der Waals surface area contributed by atoms with E-state index in [-0.39, 0.29) is 29.8 Å². The minimum atomic E-state index is -4.27. The molecular formula is C37H41Cl2N3O5S. The van der Waals surface area contributed by atoms with Gasteiger partial charge in [0, 0.05) is 34.6 Å². The van der Waals surface area contributed by atoms with Crippen molar-refractivity contribution in [2.24, 2.45) is 0 Å². The normalized spacial score (nSPS) is 12.5. The fourth-order valence-electron chi connectivity index (χ4n) is 5.09. The number of hydrogen-bond acceptors (Lipinski definition) is 5. The van der Waals surface area contributed by atoms with Gasteiger partial charge in [-0.25, -0.2) is 8.42 Å². The molecule has 0 fully saturated rings. The summed E-state index contributed by atoms with van der Waals surface area (Å²) in [5.41, 5.74) is 2.48. The van der Waals surface area contributed by atoms with Crippen LogP contribution in [0.1, 0.15) is 43.9 Å². The molecule has 254 valence electrons. The number of sulfonamides is 1. The molecule has 0 saturated heterocycles. The Kier molecular flexibility index (Phi) is 12.9. The summed E-state index contributed by atoms with van der Waals surface area (Å²) in [5.74, 6) is -0.462. The van der Waals surface area contributed by atoms with Crippen LogP contribution < -0.4 is 14.4 Å². The Morgan fingerprint density at radius 2 is 1.48 bits per heavy atom. The van der Waals surface area contributed by atoms with E-state index in [0.29, 0.717) is 40.1 Å². The van der Waals surface area contributed by atoms with Crippen LogP contribution in [0.2, 0.25) is 10.0 Å². The summed E-state index contributed by atoms with van der Waals surface area (Å²) in [7, 11) is -4.27. The molecule has 0 aliphatic carbocycles. The van der Waals surface area contributed by atoms with E-state index in [0.717, 1.165) is 15.4 Å². The molecule has 11 heteroatoms. The average Bonchev–Trinajstić information content (AvgIpc) is 3.07. The van der Waals surface area contributed by atoms with E-state index < -0.39 is 28.5 Å². The lowest BCUT2D eigenvalue weighted by Gasteiger charge is -2.34. The summed E-state index contributed by atoms with van der Waals surface area (Å²) < 4.78 is 35.1. The zero-order chi connectivity index (χ0) is 34.8. The molecule has 2 atom stereocenters. The van der Waals surface area contributed by atoms with Gasteiger partial charge in [0.1, 0.15) is 18.3 Å². The number of nitrogens with zero attached hydrogens (tertiary/aromatic N) is 2. The van der Waals surface area contributed by atoms with Gasteiger partial charge in [-0.15, -0.1) is 0 Å². The molecule has 2 amide bonds. The molecule has 0 aliphatic rings. The highest BCUT2D eigenvalue weighted by atomic mass is 35.5. The number of amides is 2. The van der Waals surface area contributed by atoms with Gasteiger partial charge in [-0.2, -0.15) is 0 Å². The number of carbonyl (C=O) groups is 2. The number of ether oxygens (including phenoxy) is 1. The number of halogens is 2. The van der Waals surface area contributed by atoms with E-state index in [4.69, 9.17) is 27.9 Å². The second kappa shape index (κ2) is 16.9. The molecule has 8 nitrogen and oxygen atoms in total. The lowest BCUT2D eigenvalue weighted by Crippen LogP contribution is -2.54. The predicted molar refractivity (Wildman–Crippen MR) is 192 cm³/mol. The highest BCUT2D eigenvalue weighted by Gasteiger charge is 2.35. The van der Waals surface area contributed by atoms with Crippen molar-refractivity contribution in [3.8, 4) is 5.75 Å². The van der Waals surface area contributed by atoms with Crippen molar-refractivity contribution in [1.82, 2.24) is 10.2 Å². The highest BCUT2D eigenvalue weighted by Crippen LogP contribution is 2.29. The fraction of sp³-hybridized carbons (Fsp3) is 0.297. The second-order valence-electron chi connectivity index (χ2n) is 11.5. The van der Waals surface area contributed by atoms with E-state index >= 15 is 0 Å². The largest absolute Gasteiger partial charge is 0.494 e. The summed E-state index contributed by atoms with van der Waals surface area (Å²) in [6, 6.07) is 26.1. The Hall–Kier alpha value is -4.05. The lowest BCUT2D eigenvalue weighted by atomic mass is 10.0. The lowest BCUT2D eigenvalue weighted by molar-refractivity contribution is -0.140. The molecule has 0 heterocycles. The zero-order valence-electron chi connectivity index (χ0n) is 27.5. The molecule has 0 aromatic heterocycles. The summed E-state index contributed by atoms with van der Waals surface area (Å²) in [5, 5.41) is 3.66. The predicted octanol–water partition coefficient (Wildman–Crippen LogP) is 7.45. The van der Waals surface area contributed by atoms with Crippen LogP contribution in [0.4, 0.5) is 5.69 Å². The van der Waals surface area contributed by atoms with Gasteiger partial charge < -0.3 is 15.0 Å². The van der Waals surface area contributed by atoms with Gasteiger partial charge in [-0.1, -0.05) is 84.2 Å². The molecule has 0 radical (unpaired) electrons. The molecule has 0 spiro atoms. The first-order valence-electron chi connectivity index (χ1n) is 15.8. The van der Waals surface area contributed by atoms with Crippen molar-refractivity contribution in [3.05, 3.63) is 124 Å². The van der Waals surface area contributed by atoms with Crippen LogP contribution >= 0.6 is 23.2 Å². The first-order valence-corrected chi connectivity index (χ1v) is 18.0. The monoisotopic (exact) mass is 709 g/mol. The van der Waals surface area contributed by atoms with Crippen LogP contribution in [0.3, 0.4) is 0 Å². The molecule has 4 aromatic rings. The number of aryl methyl sites for hydroxylation is 1. The smallest absolute Gasteiger partial charge is 0.264 e. The van der Waals surface area contributed by atoms with Crippen LogP contribution in [0, 0.1) is 6.92 Å². The Morgan fingerprint density at radius 3 is 2.06 bits per heavy atom. The topological polar surface area (TPSA) is 96.0 Å². The highest BCUT2D eigenvalue weighted by molar-refractivity contribution is 7.92. The molecule has 0 saturated carbocycles. The van der Waals surface area contributed by atoms with Gasteiger partial charge in [0.05, 0.1) is 17.2 Å². The zero-order valence-corrected chi connectivity index (χ0v) is 29.9. The molecule has 0 aliphatic heterocycles. The first kappa shape index (κ1) is 36.8. The van der Waals surface area contributed by atoms with E-state index in [1.165, 1.54) is 17.0 Å². The summed E-state index contributed by atoms with van der Waals surface area (Å²) in [4.78, 5) is 30.0. The minimum absolute atomic E-state index is 0.0182. The standard InChI is InChI=1S/C37H41Cl2N3O5S/c1-5-27(4)40-37(44)35(23-28-11-8-7-9-12-28)41(24-32-33(38)13-10-14-34(32)39)36(43)25-42(29-17-15-26(3)16-18-29)48(45,46)31-21-19-30(20-22-31)47-6-2/h7-22,27,35H,5-6,23-25H2,1-4H3,(H,40,44)/t27-,35-/m0/s1.